The van der Waals surface area contributed by atoms with Crippen LogP contribution in [0.4, 0.5) is 0 Å². The molecule has 116 valence electrons. The molecule has 1 amide bonds. The molecule has 3 N–H and O–H groups in total. The number of likely N-dealkylation sites (tertiary alicyclic amines) is 1. The topological polar surface area (TPSA) is 58.4 Å². The Morgan fingerprint density at radius 3 is 2.86 bits per heavy atom. The zero-order valence-corrected chi connectivity index (χ0v) is 12.9. The van der Waals surface area contributed by atoms with Crippen molar-refractivity contribution in [1.82, 2.24) is 10.2 Å². The van der Waals surface area contributed by atoms with Crippen LogP contribution in [0, 0.1) is 0 Å². The van der Waals surface area contributed by atoms with Crippen LogP contribution in [0.5, 0.6) is 0 Å². The van der Waals surface area contributed by atoms with Crippen LogP contribution in [-0.2, 0) is 4.79 Å². The number of rotatable bonds is 8. The molecule has 0 aliphatic carbocycles. The summed E-state index contributed by atoms with van der Waals surface area (Å²) in [5.41, 5.74) is 6.89. The first kappa shape index (κ1) is 16.0. The number of nitrogens with zero attached hydrogens (tertiary/aromatic N) is 1. The lowest BCUT2D eigenvalue weighted by Crippen LogP contribution is -2.43. The molecule has 1 heterocycles. The second-order valence-corrected chi connectivity index (χ2v) is 5.89. The van der Waals surface area contributed by atoms with Gasteiger partial charge in [-0.1, -0.05) is 37.3 Å². The normalized spacial score (nSPS) is 20.5. The number of nitrogens with two attached hydrogens (primary N) is 1. The third kappa shape index (κ3) is 4.83. The summed E-state index contributed by atoms with van der Waals surface area (Å²) in [4.78, 5) is 13.9. The lowest BCUT2D eigenvalue weighted by molar-refractivity contribution is -0.120. The number of hydrogen-bond acceptors (Lipinski definition) is 3. The van der Waals surface area contributed by atoms with Gasteiger partial charge in [0.2, 0.25) is 5.91 Å². The van der Waals surface area contributed by atoms with Crippen LogP contribution in [0.15, 0.2) is 30.3 Å². The van der Waals surface area contributed by atoms with Crippen molar-refractivity contribution in [1.29, 1.82) is 0 Å². The van der Waals surface area contributed by atoms with E-state index >= 15 is 0 Å². The van der Waals surface area contributed by atoms with Crippen molar-refractivity contribution in [2.75, 3.05) is 26.2 Å². The molecule has 2 unspecified atom stereocenters. The van der Waals surface area contributed by atoms with E-state index in [1.54, 1.807) is 0 Å². The molecule has 1 saturated heterocycles. The SMILES string of the molecule is CCCNC(CCN1CCC(c2ccccc2)C1)C(N)=O. The molecule has 1 aliphatic heterocycles. The van der Waals surface area contributed by atoms with Gasteiger partial charge in [-0.25, -0.2) is 0 Å². The maximum Gasteiger partial charge on any atom is 0.234 e. The number of amides is 1. The van der Waals surface area contributed by atoms with Crippen LogP contribution in [-0.4, -0.2) is 43.0 Å². The lowest BCUT2D eigenvalue weighted by atomic mass is 9.99. The first-order valence-corrected chi connectivity index (χ1v) is 8.00. The monoisotopic (exact) mass is 289 g/mol. The van der Waals surface area contributed by atoms with Gasteiger partial charge in [0.15, 0.2) is 0 Å². The molecule has 21 heavy (non-hydrogen) atoms. The van der Waals surface area contributed by atoms with Gasteiger partial charge >= 0.3 is 0 Å². The number of carbonyl (C=O) groups excluding carboxylic acids is 1. The number of hydrogen-bond donors (Lipinski definition) is 2. The largest absolute Gasteiger partial charge is 0.368 e. The molecule has 4 heteroatoms. The molecule has 0 bridgehead atoms. The van der Waals surface area contributed by atoms with Gasteiger partial charge in [0, 0.05) is 13.1 Å². The van der Waals surface area contributed by atoms with Gasteiger partial charge in [0.05, 0.1) is 6.04 Å². The second kappa shape index (κ2) is 8.15. The van der Waals surface area contributed by atoms with Gasteiger partial charge in [-0.15, -0.1) is 0 Å². The van der Waals surface area contributed by atoms with Gasteiger partial charge in [-0.3, -0.25) is 4.79 Å². The van der Waals surface area contributed by atoms with Crippen molar-refractivity contribution >= 4 is 5.91 Å². The predicted molar refractivity (Wildman–Crippen MR) is 86.1 cm³/mol. The second-order valence-electron chi connectivity index (χ2n) is 5.89. The highest BCUT2D eigenvalue weighted by atomic mass is 16.1. The van der Waals surface area contributed by atoms with E-state index in [1.165, 1.54) is 12.0 Å². The number of nitrogens with one attached hydrogen (secondary N) is 1. The molecule has 0 saturated carbocycles. The summed E-state index contributed by atoms with van der Waals surface area (Å²) in [5, 5.41) is 3.23. The van der Waals surface area contributed by atoms with Crippen LogP contribution in [0.2, 0.25) is 0 Å². The fourth-order valence-electron chi connectivity index (χ4n) is 3.01. The fourth-order valence-corrected chi connectivity index (χ4v) is 3.01. The Morgan fingerprint density at radius 1 is 1.43 bits per heavy atom. The van der Waals surface area contributed by atoms with E-state index in [1.807, 2.05) is 0 Å². The van der Waals surface area contributed by atoms with Crippen molar-refractivity contribution in [2.24, 2.45) is 5.73 Å². The van der Waals surface area contributed by atoms with E-state index in [0.29, 0.717) is 5.92 Å². The molecular formula is C17H27N3O. The smallest absolute Gasteiger partial charge is 0.234 e. The molecule has 0 radical (unpaired) electrons. The van der Waals surface area contributed by atoms with Crippen molar-refractivity contribution in [2.45, 2.75) is 38.1 Å². The van der Waals surface area contributed by atoms with Gasteiger partial charge in [0.25, 0.3) is 0 Å². The molecule has 1 aromatic rings. The average molecular weight is 289 g/mol. The number of carbonyl (C=O) groups is 1. The standard InChI is InChI=1S/C17H27N3O/c1-2-10-19-16(17(18)21)9-12-20-11-8-15(13-20)14-6-4-3-5-7-14/h3-7,15-16,19H,2,8-13H2,1H3,(H2,18,21). The Balaban J connectivity index is 1.78. The maximum atomic E-state index is 11.4. The third-order valence-electron chi connectivity index (χ3n) is 4.26. The van der Waals surface area contributed by atoms with Gasteiger partial charge in [-0.2, -0.15) is 0 Å². The van der Waals surface area contributed by atoms with Crippen LogP contribution in [0.1, 0.15) is 37.7 Å². The van der Waals surface area contributed by atoms with E-state index in [0.717, 1.165) is 39.0 Å². The van der Waals surface area contributed by atoms with Crippen LogP contribution >= 0.6 is 0 Å². The maximum absolute atomic E-state index is 11.4. The highest BCUT2D eigenvalue weighted by Crippen LogP contribution is 2.26. The van der Waals surface area contributed by atoms with Crippen molar-refractivity contribution < 1.29 is 4.79 Å². The van der Waals surface area contributed by atoms with Crippen molar-refractivity contribution in [3.8, 4) is 0 Å². The molecule has 0 spiro atoms. The number of benzene rings is 1. The molecular weight excluding hydrogens is 262 g/mol. The van der Waals surface area contributed by atoms with Gasteiger partial charge in [0.1, 0.15) is 0 Å². The van der Waals surface area contributed by atoms with E-state index in [-0.39, 0.29) is 11.9 Å². The van der Waals surface area contributed by atoms with Gasteiger partial charge < -0.3 is 16.0 Å². The summed E-state index contributed by atoms with van der Waals surface area (Å²) in [5.74, 6) is 0.393. The van der Waals surface area contributed by atoms with E-state index < -0.39 is 0 Å². The van der Waals surface area contributed by atoms with Gasteiger partial charge in [-0.05, 0) is 43.8 Å². The fraction of sp³-hybridized carbons (Fsp3) is 0.588. The Hall–Kier alpha value is -1.39. The number of primary amides is 1. The zero-order chi connectivity index (χ0) is 15.1. The highest BCUT2D eigenvalue weighted by molar-refractivity contribution is 5.79. The summed E-state index contributed by atoms with van der Waals surface area (Å²) >= 11 is 0. The summed E-state index contributed by atoms with van der Waals surface area (Å²) in [6, 6.07) is 10.5. The lowest BCUT2D eigenvalue weighted by Gasteiger charge is -2.20. The molecule has 1 aliphatic rings. The summed E-state index contributed by atoms with van der Waals surface area (Å²) in [7, 11) is 0. The quantitative estimate of drug-likeness (QED) is 0.766. The van der Waals surface area contributed by atoms with Crippen LogP contribution < -0.4 is 11.1 Å². The van der Waals surface area contributed by atoms with Crippen molar-refractivity contribution in [3.05, 3.63) is 35.9 Å². The van der Waals surface area contributed by atoms with E-state index in [9.17, 15) is 4.79 Å². The minimum atomic E-state index is -0.234. The molecule has 0 aromatic heterocycles. The summed E-state index contributed by atoms with van der Waals surface area (Å²) in [6.07, 6.45) is 3.02. The Labute approximate surface area is 127 Å². The minimum absolute atomic E-state index is 0.194. The minimum Gasteiger partial charge on any atom is -0.368 e. The Morgan fingerprint density at radius 2 is 2.19 bits per heavy atom. The predicted octanol–water partition coefficient (Wildman–Crippen LogP) is 1.72. The molecule has 4 nitrogen and oxygen atoms in total. The first-order valence-electron chi connectivity index (χ1n) is 8.00. The molecule has 2 rings (SSSR count). The van der Waals surface area contributed by atoms with Crippen LogP contribution in [0.3, 0.4) is 0 Å². The highest BCUT2D eigenvalue weighted by Gasteiger charge is 2.24. The average Bonchev–Trinajstić information content (AvgIpc) is 2.97. The molecule has 1 fully saturated rings. The van der Waals surface area contributed by atoms with E-state index in [4.69, 9.17) is 5.73 Å². The van der Waals surface area contributed by atoms with Crippen LogP contribution in [0.25, 0.3) is 0 Å². The Kier molecular flexibility index (Phi) is 6.21. The van der Waals surface area contributed by atoms with Crippen molar-refractivity contribution in [3.63, 3.8) is 0 Å². The summed E-state index contributed by atoms with van der Waals surface area (Å²) in [6.45, 7) is 6.08. The first-order chi connectivity index (χ1) is 10.2. The van der Waals surface area contributed by atoms with E-state index in [2.05, 4.69) is 47.5 Å². The molecule has 2 atom stereocenters. The molecule has 1 aromatic carbocycles. The Bertz CT molecular complexity index is 435. The third-order valence-corrected chi connectivity index (χ3v) is 4.26. The zero-order valence-electron chi connectivity index (χ0n) is 12.9. The summed E-state index contributed by atoms with van der Waals surface area (Å²) < 4.78 is 0.